The number of amides is 1. The van der Waals surface area contributed by atoms with Crippen LogP contribution in [0.5, 0.6) is 0 Å². The maximum atomic E-state index is 12.0. The summed E-state index contributed by atoms with van der Waals surface area (Å²) in [5.74, 6) is -0.218. The zero-order chi connectivity index (χ0) is 10.6. The number of carbonyl (C=O) groups is 1. The molecule has 1 N–H and O–H groups in total. The van der Waals surface area contributed by atoms with Crippen molar-refractivity contribution in [3.63, 3.8) is 0 Å². The molecule has 5 heteroatoms. The molecule has 82 valence electrons. The molecular formula is C9H16F2N2O. The van der Waals surface area contributed by atoms with Crippen molar-refractivity contribution in [3.05, 3.63) is 0 Å². The zero-order valence-corrected chi connectivity index (χ0v) is 8.30. The first kappa shape index (κ1) is 11.4. The highest BCUT2D eigenvalue weighted by molar-refractivity contribution is 5.81. The summed E-state index contributed by atoms with van der Waals surface area (Å²) in [6.45, 7) is 0.329. The van der Waals surface area contributed by atoms with E-state index in [4.69, 9.17) is 0 Å². The van der Waals surface area contributed by atoms with E-state index in [0.29, 0.717) is 0 Å². The molecule has 1 fully saturated rings. The number of hydrogen-bond donors (Lipinski definition) is 1. The number of hydrogen-bond acceptors (Lipinski definition) is 2. The summed E-state index contributed by atoms with van der Waals surface area (Å²) in [5.41, 5.74) is 0. The van der Waals surface area contributed by atoms with Gasteiger partial charge in [-0.1, -0.05) is 6.42 Å². The van der Waals surface area contributed by atoms with Crippen molar-refractivity contribution in [2.45, 2.75) is 31.7 Å². The molecule has 1 heterocycles. The zero-order valence-electron chi connectivity index (χ0n) is 8.30. The van der Waals surface area contributed by atoms with Gasteiger partial charge in [-0.05, 0) is 19.4 Å². The Morgan fingerprint density at radius 3 is 2.79 bits per heavy atom. The van der Waals surface area contributed by atoms with E-state index >= 15 is 0 Å². The number of halogens is 2. The molecule has 0 saturated carbocycles. The van der Waals surface area contributed by atoms with Crippen LogP contribution in [-0.4, -0.2) is 43.4 Å². The van der Waals surface area contributed by atoms with E-state index in [2.05, 4.69) is 5.32 Å². The number of nitrogens with one attached hydrogen (secondary N) is 1. The summed E-state index contributed by atoms with van der Waals surface area (Å²) in [4.78, 5) is 12.7. The molecule has 3 nitrogen and oxygen atoms in total. The van der Waals surface area contributed by atoms with Crippen molar-refractivity contribution >= 4 is 5.91 Å². The summed E-state index contributed by atoms with van der Waals surface area (Å²) in [7, 11) is 1.42. The van der Waals surface area contributed by atoms with Gasteiger partial charge in [0.05, 0.1) is 12.6 Å². The Morgan fingerprint density at radius 1 is 1.57 bits per heavy atom. The van der Waals surface area contributed by atoms with Gasteiger partial charge in [-0.2, -0.15) is 0 Å². The molecule has 0 aromatic rings. The van der Waals surface area contributed by atoms with E-state index in [1.165, 1.54) is 7.05 Å². The van der Waals surface area contributed by atoms with Crippen LogP contribution in [0.25, 0.3) is 0 Å². The molecular weight excluding hydrogens is 190 g/mol. The van der Waals surface area contributed by atoms with E-state index < -0.39 is 13.0 Å². The van der Waals surface area contributed by atoms with Gasteiger partial charge in [-0.25, -0.2) is 8.78 Å². The van der Waals surface area contributed by atoms with Crippen LogP contribution in [0.4, 0.5) is 8.78 Å². The predicted octanol–water partition coefficient (Wildman–Crippen LogP) is 0.852. The van der Waals surface area contributed by atoms with E-state index in [0.717, 1.165) is 30.7 Å². The highest BCUT2D eigenvalue weighted by Gasteiger charge is 2.24. The van der Waals surface area contributed by atoms with Crippen molar-refractivity contribution < 1.29 is 13.6 Å². The van der Waals surface area contributed by atoms with Crippen molar-refractivity contribution in [1.29, 1.82) is 0 Å². The molecule has 1 atom stereocenters. The second-order valence-corrected chi connectivity index (χ2v) is 3.61. The van der Waals surface area contributed by atoms with Crippen molar-refractivity contribution in [2.24, 2.45) is 0 Å². The first-order chi connectivity index (χ1) is 6.61. The maximum Gasteiger partial charge on any atom is 0.255 e. The van der Waals surface area contributed by atoms with E-state index in [1.54, 1.807) is 0 Å². The Morgan fingerprint density at radius 2 is 2.29 bits per heavy atom. The van der Waals surface area contributed by atoms with Crippen LogP contribution in [0.15, 0.2) is 0 Å². The Kier molecular flexibility index (Phi) is 4.25. The fourth-order valence-electron chi connectivity index (χ4n) is 1.63. The number of carbonyl (C=O) groups excluding carboxylic acids is 1. The molecule has 0 bridgehead atoms. The largest absolute Gasteiger partial charge is 0.339 e. The van der Waals surface area contributed by atoms with Crippen molar-refractivity contribution in [3.8, 4) is 0 Å². The minimum Gasteiger partial charge on any atom is -0.339 e. The minimum absolute atomic E-state index is 0.218. The summed E-state index contributed by atoms with van der Waals surface area (Å²) in [5, 5.41) is 3.04. The van der Waals surface area contributed by atoms with Crippen LogP contribution in [-0.2, 0) is 4.79 Å². The molecule has 0 unspecified atom stereocenters. The van der Waals surface area contributed by atoms with Gasteiger partial charge in [-0.15, -0.1) is 0 Å². The SMILES string of the molecule is CN(CC(F)F)C(=O)[C@@H]1CCCCN1. The van der Waals surface area contributed by atoms with Gasteiger partial charge in [0.15, 0.2) is 0 Å². The lowest BCUT2D eigenvalue weighted by atomic mass is 10.0. The van der Waals surface area contributed by atoms with E-state index in [-0.39, 0.29) is 11.9 Å². The first-order valence-corrected chi connectivity index (χ1v) is 4.88. The molecule has 0 aromatic carbocycles. The molecule has 0 aromatic heterocycles. The number of alkyl halides is 2. The van der Waals surface area contributed by atoms with Gasteiger partial charge in [0.25, 0.3) is 6.43 Å². The third kappa shape index (κ3) is 3.21. The van der Waals surface area contributed by atoms with Crippen molar-refractivity contribution in [1.82, 2.24) is 10.2 Å². The summed E-state index contributed by atoms with van der Waals surface area (Å²) >= 11 is 0. The molecule has 0 spiro atoms. The topological polar surface area (TPSA) is 32.3 Å². The average Bonchev–Trinajstić information content (AvgIpc) is 2.17. The first-order valence-electron chi connectivity index (χ1n) is 4.88. The summed E-state index contributed by atoms with van der Waals surface area (Å²) in [6, 6.07) is -0.257. The van der Waals surface area contributed by atoms with Crippen LogP contribution in [0.2, 0.25) is 0 Å². The number of rotatable bonds is 3. The van der Waals surface area contributed by atoms with Crippen molar-refractivity contribution in [2.75, 3.05) is 20.1 Å². The highest BCUT2D eigenvalue weighted by Crippen LogP contribution is 2.09. The van der Waals surface area contributed by atoms with Gasteiger partial charge in [-0.3, -0.25) is 4.79 Å². The monoisotopic (exact) mass is 206 g/mol. The van der Waals surface area contributed by atoms with Crippen LogP contribution in [0, 0.1) is 0 Å². The molecule has 0 radical (unpaired) electrons. The third-order valence-corrected chi connectivity index (χ3v) is 2.40. The van der Waals surface area contributed by atoms with Gasteiger partial charge >= 0.3 is 0 Å². The molecule has 1 rings (SSSR count). The maximum absolute atomic E-state index is 12.0. The molecule has 1 aliphatic heterocycles. The quantitative estimate of drug-likeness (QED) is 0.742. The van der Waals surface area contributed by atoms with Crippen LogP contribution in [0.3, 0.4) is 0 Å². The fraction of sp³-hybridized carbons (Fsp3) is 0.889. The predicted molar refractivity (Wildman–Crippen MR) is 49.3 cm³/mol. The van der Waals surface area contributed by atoms with E-state index in [9.17, 15) is 13.6 Å². The third-order valence-electron chi connectivity index (χ3n) is 2.40. The normalized spacial score (nSPS) is 22.4. The standard InChI is InChI=1S/C9H16F2N2O/c1-13(6-8(10)11)9(14)7-4-2-3-5-12-7/h7-8,12H,2-6H2,1H3/t7-/m0/s1. The minimum atomic E-state index is -2.45. The Bertz CT molecular complexity index is 193. The van der Waals surface area contributed by atoms with Gasteiger partial charge < -0.3 is 10.2 Å². The average molecular weight is 206 g/mol. The smallest absolute Gasteiger partial charge is 0.255 e. The second-order valence-electron chi connectivity index (χ2n) is 3.61. The van der Waals surface area contributed by atoms with Gasteiger partial charge in [0.2, 0.25) is 5.91 Å². The Hall–Kier alpha value is -0.710. The second kappa shape index (κ2) is 5.24. The lowest BCUT2D eigenvalue weighted by molar-refractivity contribution is -0.134. The van der Waals surface area contributed by atoms with E-state index in [1.807, 2.05) is 0 Å². The number of likely N-dealkylation sites (N-methyl/N-ethyl adjacent to an activating group) is 1. The molecule has 14 heavy (non-hydrogen) atoms. The Balaban J connectivity index is 2.38. The molecule has 1 saturated heterocycles. The lowest BCUT2D eigenvalue weighted by Gasteiger charge is -2.27. The lowest BCUT2D eigenvalue weighted by Crippen LogP contribution is -2.48. The summed E-state index contributed by atoms with van der Waals surface area (Å²) in [6.07, 6.45) is 0.355. The summed E-state index contributed by atoms with van der Waals surface area (Å²) < 4.78 is 24.0. The Labute approximate surface area is 82.5 Å². The van der Waals surface area contributed by atoms with Crippen LogP contribution in [0.1, 0.15) is 19.3 Å². The number of nitrogens with zero attached hydrogens (tertiary/aromatic N) is 1. The number of piperidine rings is 1. The molecule has 1 aliphatic rings. The molecule has 1 amide bonds. The molecule has 0 aliphatic carbocycles. The van der Waals surface area contributed by atoms with Gasteiger partial charge in [0.1, 0.15) is 0 Å². The van der Waals surface area contributed by atoms with Crippen LogP contribution >= 0.6 is 0 Å². The fourth-order valence-corrected chi connectivity index (χ4v) is 1.63. The van der Waals surface area contributed by atoms with Gasteiger partial charge in [0, 0.05) is 7.05 Å². The highest BCUT2D eigenvalue weighted by atomic mass is 19.3. The van der Waals surface area contributed by atoms with Crippen LogP contribution < -0.4 is 5.32 Å².